The highest BCUT2D eigenvalue weighted by Gasteiger charge is 2.40. The number of alkyl halides is 1. The van der Waals surface area contributed by atoms with Gasteiger partial charge in [-0.2, -0.15) is 5.10 Å². The highest BCUT2D eigenvalue weighted by molar-refractivity contribution is 5.94. The number of aromatic amines is 1. The lowest BCUT2D eigenvalue weighted by Crippen LogP contribution is -2.48. The molecule has 128 valence electrons. The van der Waals surface area contributed by atoms with Gasteiger partial charge < -0.3 is 9.64 Å². The molecule has 25 heavy (non-hydrogen) atoms. The van der Waals surface area contributed by atoms with E-state index in [0.717, 1.165) is 46.6 Å². The number of nitrogens with one attached hydrogen (secondary N) is 1. The maximum Gasteiger partial charge on any atom is 0.135 e. The molecule has 0 unspecified atom stereocenters. The molecule has 6 heteroatoms. The summed E-state index contributed by atoms with van der Waals surface area (Å²) in [6, 6.07) is 9.92. The Kier molecular flexibility index (Phi) is 3.04. The number of halogens is 1. The molecule has 0 radical (unpaired) electrons. The van der Waals surface area contributed by atoms with Gasteiger partial charge in [-0.15, -0.1) is 0 Å². The molecule has 2 fully saturated rings. The highest BCUT2D eigenvalue weighted by Crippen LogP contribution is 2.40. The first-order valence-corrected chi connectivity index (χ1v) is 8.62. The van der Waals surface area contributed by atoms with Crippen LogP contribution in [0.3, 0.4) is 0 Å². The van der Waals surface area contributed by atoms with Crippen LogP contribution in [-0.2, 0) is 0 Å². The summed E-state index contributed by atoms with van der Waals surface area (Å²) in [5, 5.41) is 8.57. The van der Waals surface area contributed by atoms with Gasteiger partial charge >= 0.3 is 0 Å². The van der Waals surface area contributed by atoms with Gasteiger partial charge in [0.15, 0.2) is 0 Å². The number of fused-ring (bicyclic) bond motifs is 1. The van der Waals surface area contributed by atoms with Crippen LogP contribution in [0.25, 0.3) is 22.2 Å². The van der Waals surface area contributed by atoms with E-state index in [4.69, 9.17) is 4.74 Å². The summed E-state index contributed by atoms with van der Waals surface area (Å²) < 4.78 is 19.2. The van der Waals surface area contributed by atoms with Gasteiger partial charge in [0.25, 0.3) is 0 Å². The maximum atomic E-state index is 13.1. The van der Waals surface area contributed by atoms with Crippen LogP contribution in [0.4, 0.5) is 10.2 Å². The SMILES string of the molecule is CC1(Oc2ccc3[nH]nc(-c4ccnc(N5CC(F)C5)c4)c3c2)CC1. The Balaban J connectivity index is 1.51. The zero-order valence-electron chi connectivity index (χ0n) is 14.0. The summed E-state index contributed by atoms with van der Waals surface area (Å²) in [5.41, 5.74) is 2.78. The standard InChI is InChI=1S/C19H19FN4O/c1-19(5-6-19)25-14-2-3-16-15(9-14)18(23-22-16)12-4-7-21-17(8-12)24-10-13(20)11-24/h2-4,7-9,13H,5-6,10-11H2,1H3,(H,22,23). The van der Waals surface area contributed by atoms with Crippen LogP contribution in [0.5, 0.6) is 5.75 Å². The van der Waals surface area contributed by atoms with E-state index >= 15 is 0 Å². The van der Waals surface area contributed by atoms with Crippen molar-refractivity contribution < 1.29 is 9.13 Å². The van der Waals surface area contributed by atoms with Crippen molar-refractivity contribution in [2.24, 2.45) is 0 Å². The smallest absolute Gasteiger partial charge is 0.135 e. The predicted molar refractivity (Wildman–Crippen MR) is 94.7 cm³/mol. The van der Waals surface area contributed by atoms with Crippen LogP contribution in [0, 0.1) is 0 Å². The molecule has 0 atom stereocenters. The number of rotatable bonds is 4. The number of nitrogens with zero attached hydrogens (tertiary/aromatic N) is 3. The molecular formula is C19H19FN4O. The lowest BCUT2D eigenvalue weighted by Gasteiger charge is -2.35. The van der Waals surface area contributed by atoms with E-state index in [2.05, 4.69) is 22.1 Å². The fourth-order valence-corrected chi connectivity index (χ4v) is 3.19. The summed E-state index contributed by atoms with van der Waals surface area (Å²) in [6.07, 6.45) is 3.20. The second-order valence-electron chi connectivity index (χ2n) is 7.24. The minimum Gasteiger partial charge on any atom is -0.488 e. The zero-order valence-corrected chi connectivity index (χ0v) is 14.0. The number of H-pyrrole nitrogens is 1. The Morgan fingerprint density at radius 3 is 2.84 bits per heavy atom. The molecule has 1 saturated carbocycles. The number of ether oxygens (including phenoxy) is 1. The van der Waals surface area contributed by atoms with Crippen LogP contribution in [0.1, 0.15) is 19.8 Å². The monoisotopic (exact) mass is 338 g/mol. The second-order valence-corrected chi connectivity index (χ2v) is 7.24. The molecular weight excluding hydrogens is 319 g/mol. The van der Waals surface area contributed by atoms with Crippen molar-refractivity contribution in [1.82, 2.24) is 15.2 Å². The van der Waals surface area contributed by atoms with Crippen molar-refractivity contribution in [2.45, 2.75) is 31.5 Å². The first-order valence-electron chi connectivity index (χ1n) is 8.62. The van der Waals surface area contributed by atoms with Gasteiger partial charge in [-0.1, -0.05) is 0 Å². The van der Waals surface area contributed by atoms with Gasteiger partial charge in [0.05, 0.1) is 18.6 Å². The molecule has 0 amide bonds. The first-order chi connectivity index (χ1) is 12.1. The van der Waals surface area contributed by atoms with Crippen molar-refractivity contribution in [3.8, 4) is 17.0 Å². The van der Waals surface area contributed by atoms with Gasteiger partial charge in [-0.05, 0) is 50.1 Å². The number of pyridine rings is 1. The average Bonchev–Trinajstić information content (AvgIpc) is 3.16. The summed E-state index contributed by atoms with van der Waals surface area (Å²) in [6.45, 7) is 2.95. The Hall–Kier alpha value is -2.63. The molecule has 3 aromatic rings. The Labute approximate surface area is 144 Å². The summed E-state index contributed by atoms with van der Waals surface area (Å²) in [7, 11) is 0. The van der Waals surface area contributed by atoms with Crippen LogP contribution < -0.4 is 9.64 Å². The molecule has 1 aliphatic heterocycles. The summed E-state index contributed by atoms with van der Waals surface area (Å²) >= 11 is 0. The van der Waals surface area contributed by atoms with E-state index in [1.165, 1.54) is 0 Å². The first kappa shape index (κ1) is 14.7. The molecule has 1 N–H and O–H groups in total. The minimum absolute atomic E-state index is 0.0121. The third-order valence-electron chi connectivity index (χ3n) is 5.03. The lowest BCUT2D eigenvalue weighted by atomic mass is 10.1. The zero-order chi connectivity index (χ0) is 17.0. The van der Waals surface area contributed by atoms with E-state index in [-0.39, 0.29) is 5.60 Å². The second kappa shape index (κ2) is 5.18. The highest BCUT2D eigenvalue weighted by atomic mass is 19.1. The van der Waals surface area contributed by atoms with Gasteiger partial charge in [-0.3, -0.25) is 5.10 Å². The van der Waals surface area contributed by atoms with Crippen LogP contribution >= 0.6 is 0 Å². The van der Waals surface area contributed by atoms with E-state index in [1.807, 2.05) is 35.2 Å². The molecule has 0 spiro atoms. The molecule has 3 heterocycles. The average molecular weight is 338 g/mol. The summed E-state index contributed by atoms with van der Waals surface area (Å²) in [5.74, 6) is 1.66. The molecule has 1 aliphatic carbocycles. The van der Waals surface area contributed by atoms with Crippen molar-refractivity contribution in [1.29, 1.82) is 0 Å². The van der Waals surface area contributed by atoms with Crippen molar-refractivity contribution in [3.05, 3.63) is 36.5 Å². The fourth-order valence-electron chi connectivity index (χ4n) is 3.19. The van der Waals surface area contributed by atoms with Crippen molar-refractivity contribution in [2.75, 3.05) is 18.0 Å². The topological polar surface area (TPSA) is 54.0 Å². The number of benzene rings is 1. The van der Waals surface area contributed by atoms with E-state index in [0.29, 0.717) is 13.1 Å². The van der Waals surface area contributed by atoms with Gasteiger partial charge in [-0.25, -0.2) is 9.37 Å². The Bertz CT molecular complexity index is 944. The number of anilines is 1. The molecule has 0 bridgehead atoms. The maximum absolute atomic E-state index is 13.1. The fraction of sp³-hybridized carbons (Fsp3) is 0.368. The van der Waals surface area contributed by atoms with E-state index < -0.39 is 6.17 Å². The molecule has 5 nitrogen and oxygen atoms in total. The van der Waals surface area contributed by atoms with Crippen LogP contribution in [0.15, 0.2) is 36.5 Å². The Morgan fingerprint density at radius 2 is 2.08 bits per heavy atom. The van der Waals surface area contributed by atoms with Gasteiger partial charge in [0.1, 0.15) is 29.0 Å². The molecule has 1 aromatic carbocycles. The summed E-state index contributed by atoms with van der Waals surface area (Å²) in [4.78, 5) is 6.29. The Morgan fingerprint density at radius 1 is 1.24 bits per heavy atom. The molecule has 2 aromatic heterocycles. The van der Waals surface area contributed by atoms with Crippen molar-refractivity contribution in [3.63, 3.8) is 0 Å². The van der Waals surface area contributed by atoms with Gasteiger partial charge in [0, 0.05) is 17.1 Å². The number of hydrogen-bond acceptors (Lipinski definition) is 4. The number of hydrogen-bond donors (Lipinski definition) is 1. The van der Waals surface area contributed by atoms with E-state index in [1.54, 1.807) is 6.20 Å². The lowest BCUT2D eigenvalue weighted by molar-refractivity contribution is 0.200. The van der Waals surface area contributed by atoms with E-state index in [9.17, 15) is 4.39 Å². The van der Waals surface area contributed by atoms with Crippen LogP contribution in [-0.4, -0.2) is 40.0 Å². The minimum atomic E-state index is -0.750. The third kappa shape index (κ3) is 2.62. The van der Waals surface area contributed by atoms with Gasteiger partial charge in [0.2, 0.25) is 0 Å². The number of aromatic nitrogens is 3. The largest absolute Gasteiger partial charge is 0.488 e. The van der Waals surface area contributed by atoms with Crippen LogP contribution in [0.2, 0.25) is 0 Å². The third-order valence-corrected chi connectivity index (χ3v) is 5.03. The molecule has 5 rings (SSSR count). The van der Waals surface area contributed by atoms with Crippen molar-refractivity contribution >= 4 is 16.7 Å². The molecule has 2 aliphatic rings. The quantitative estimate of drug-likeness (QED) is 0.788. The molecule has 1 saturated heterocycles. The normalized spacial score (nSPS) is 19.0. The predicted octanol–water partition coefficient (Wildman–Crippen LogP) is 3.71.